The van der Waals surface area contributed by atoms with E-state index in [1.54, 1.807) is 5.38 Å². The maximum Gasteiger partial charge on any atom is 0.280 e. The molecule has 0 amide bonds. The molecule has 0 atom stereocenters. The Labute approximate surface area is 108 Å². The molecular weight excluding hydrogens is 265 g/mol. The summed E-state index contributed by atoms with van der Waals surface area (Å²) in [4.78, 5) is 4.04. The number of ether oxygens (including phenoxy) is 1. The summed E-state index contributed by atoms with van der Waals surface area (Å²) in [5, 5.41) is 3.43. The van der Waals surface area contributed by atoms with Gasteiger partial charge in [0.25, 0.3) is 5.19 Å². The lowest BCUT2D eigenvalue weighted by molar-refractivity contribution is 0.471. The molecule has 0 spiro atoms. The zero-order chi connectivity index (χ0) is 11.7. The summed E-state index contributed by atoms with van der Waals surface area (Å²) in [7, 11) is 0. The third-order valence-electron chi connectivity index (χ3n) is 2.07. The highest BCUT2D eigenvalue weighted by Crippen LogP contribution is 2.33. The average molecular weight is 274 g/mol. The van der Waals surface area contributed by atoms with E-state index in [0.29, 0.717) is 15.4 Å². The topological polar surface area (TPSA) is 22.1 Å². The van der Waals surface area contributed by atoms with Crippen molar-refractivity contribution in [2.75, 3.05) is 0 Å². The maximum atomic E-state index is 5.94. The molecule has 1 aromatic heterocycles. The van der Waals surface area contributed by atoms with Crippen LogP contribution in [0.25, 0.3) is 0 Å². The van der Waals surface area contributed by atoms with Crippen LogP contribution in [0.5, 0.6) is 10.9 Å². The number of aromatic nitrogens is 1. The van der Waals surface area contributed by atoms with Crippen molar-refractivity contribution in [3.63, 3.8) is 0 Å². The third kappa shape index (κ3) is 2.48. The Morgan fingerprint density at radius 1 is 1.19 bits per heavy atom. The molecule has 0 saturated heterocycles. The molecular formula is C11H9Cl2NOS. The van der Waals surface area contributed by atoms with Gasteiger partial charge in [-0.15, -0.1) is 0 Å². The molecule has 2 aromatic rings. The number of benzene rings is 1. The molecule has 0 radical (unpaired) electrons. The molecule has 2 nitrogen and oxygen atoms in total. The van der Waals surface area contributed by atoms with Gasteiger partial charge in [-0.3, -0.25) is 0 Å². The Balaban J connectivity index is 2.34. The molecule has 0 aliphatic heterocycles. The Hall–Kier alpha value is -0.770. The number of rotatable bonds is 2. The highest BCUT2D eigenvalue weighted by molar-refractivity contribution is 7.11. The second-order valence-electron chi connectivity index (χ2n) is 3.41. The predicted molar refractivity (Wildman–Crippen MR) is 68.1 cm³/mol. The van der Waals surface area contributed by atoms with Crippen molar-refractivity contribution in [2.45, 2.75) is 13.8 Å². The van der Waals surface area contributed by atoms with Gasteiger partial charge in [0.15, 0.2) is 0 Å². The van der Waals surface area contributed by atoms with Gasteiger partial charge in [-0.1, -0.05) is 34.5 Å². The Morgan fingerprint density at radius 3 is 2.31 bits per heavy atom. The van der Waals surface area contributed by atoms with Crippen LogP contribution in [-0.4, -0.2) is 4.98 Å². The van der Waals surface area contributed by atoms with Gasteiger partial charge in [-0.25, -0.2) is 0 Å². The number of aryl methyl sites for hydroxylation is 2. The fourth-order valence-corrected chi connectivity index (χ4v) is 2.55. The van der Waals surface area contributed by atoms with Crippen LogP contribution in [-0.2, 0) is 0 Å². The fraction of sp³-hybridized carbons (Fsp3) is 0.182. The van der Waals surface area contributed by atoms with E-state index < -0.39 is 0 Å². The van der Waals surface area contributed by atoms with Crippen LogP contribution in [0.2, 0.25) is 10.2 Å². The quantitative estimate of drug-likeness (QED) is 0.780. The first-order valence-electron chi connectivity index (χ1n) is 4.62. The Morgan fingerprint density at radius 2 is 1.81 bits per heavy atom. The molecule has 0 unspecified atom stereocenters. The second-order valence-corrected chi connectivity index (χ2v) is 5.05. The maximum absolute atomic E-state index is 5.94. The summed E-state index contributed by atoms with van der Waals surface area (Å²) in [6.45, 7) is 3.90. The molecule has 0 saturated carbocycles. The summed E-state index contributed by atoms with van der Waals surface area (Å²) >= 11 is 13.0. The van der Waals surface area contributed by atoms with Crippen molar-refractivity contribution in [3.8, 4) is 10.9 Å². The number of hydrogen-bond donors (Lipinski definition) is 0. The minimum Gasteiger partial charge on any atom is -0.430 e. The zero-order valence-corrected chi connectivity index (χ0v) is 11.1. The van der Waals surface area contributed by atoms with Gasteiger partial charge in [0.1, 0.15) is 10.9 Å². The van der Waals surface area contributed by atoms with E-state index in [2.05, 4.69) is 4.98 Å². The SMILES string of the molecule is Cc1cc(Cl)cc(C)c1Oc1nc(Cl)cs1. The Kier molecular flexibility index (Phi) is 3.38. The van der Waals surface area contributed by atoms with Crippen LogP contribution in [0.1, 0.15) is 11.1 Å². The van der Waals surface area contributed by atoms with Crippen molar-refractivity contribution in [2.24, 2.45) is 0 Å². The fourth-order valence-electron chi connectivity index (χ4n) is 1.43. The lowest BCUT2D eigenvalue weighted by Gasteiger charge is -2.09. The van der Waals surface area contributed by atoms with E-state index in [1.165, 1.54) is 11.3 Å². The number of halogens is 2. The largest absolute Gasteiger partial charge is 0.430 e. The van der Waals surface area contributed by atoms with Crippen LogP contribution >= 0.6 is 34.5 Å². The number of nitrogens with zero attached hydrogens (tertiary/aromatic N) is 1. The lowest BCUT2D eigenvalue weighted by atomic mass is 10.1. The van der Waals surface area contributed by atoms with Gasteiger partial charge in [-0.05, 0) is 37.1 Å². The smallest absolute Gasteiger partial charge is 0.280 e. The van der Waals surface area contributed by atoms with Gasteiger partial charge >= 0.3 is 0 Å². The van der Waals surface area contributed by atoms with Gasteiger partial charge in [0, 0.05) is 10.4 Å². The highest BCUT2D eigenvalue weighted by atomic mass is 35.5. The molecule has 16 heavy (non-hydrogen) atoms. The van der Waals surface area contributed by atoms with Crippen LogP contribution in [0.15, 0.2) is 17.5 Å². The normalized spacial score (nSPS) is 10.5. The van der Waals surface area contributed by atoms with Crippen LogP contribution in [0, 0.1) is 13.8 Å². The standard InChI is InChI=1S/C11H9Cl2NOS/c1-6-3-8(12)4-7(2)10(6)15-11-14-9(13)5-16-11/h3-5H,1-2H3. The summed E-state index contributed by atoms with van der Waals surface area (Å²) in [6.07, 6.45) is 0. The zero-order valence-electron chi connectivity index (χ0n) is 8.75. The van der Waals surface area contributed by atoms with Crippen molar-refractivity contribution in [1.29, 1.82) is 0 Å². The lowest BCUT2D eigenvalue weighted by Crippen LogP contribution is -1.90. The van der Waals surface area contributed by atoms with E-state index in [1.807, 2.05) is 26.0 Å². The first-order valence-corrected chi connectivity index (χ1v) is 6.25. The van der Waals surface area contributed by atoms with Crippen LogP contribution in [0.4, 0.5) is 0 Å². The predicted octanol–water partition coefficient (Wildman–Crippen LogP) is 4.86. The van der Waals surface area contributed by atoms with Crippen molar-refractivity contribution >= 4 is 34.5 Å². The molecule has 0 fully saturated rings. The average Bonchev–Trinajstić information content (AvgIpc) is 2.58. The van der Waals surface area contributed by atoms with Gasteiger partial charge in [0.2, 0.25) is 0 Å². The monoisotopic (exact) mass is 273 g/mol. The third-order valence-corrected chi connectivity index (χ3v) is 3.33. The molecule has 0 N–H and O–H groups in total. The van der Waals surface area contributed by atoms with E-state index in [9.17, 15) is 0 Å². The van der Waals surface area contributed by atoms with Crippen molar-refractivity contribution in [1.82, 2.24) is 4.98 Å². The first kappa shape index (κ1) is 11.7. The molecule has 0 aliphatic rings. The van der Waals surface area contributed by atoms with Crippen LogP contribution in [0.3, 0.4) is 0 Å². The molecule has 2 rings (SSSR count). The van der Waals surface area contributed by atoms with E-state index >= 15 is 0 Å². The van der Waals surface area contributed by atoms with Gasteiger partial charge < -0.3 is 4.74 Å². The highest BCUT2D eigenvalue weighted by Gasteiger charge is 2.09. The van der Waals surface area contributed by atoms with Crippen LogP contribution < -0.4 is 4.74 Å². The minimum absolute atomic E-state index is 0.448. The minimum atomic E-state index is 0.448. The van der Waals surface area contributed by atoms with Gasteiger partial charge in [0.05, 0.1) is 0 Å². The molecule has 5 heteroatoms. The van der Waals surface area contributed by atoms with E-state index in [-0.39, 0.29) is 0 Å². The molecule has 84 valence electrons. The first-order chi connectivity index (χ1) is 7.56. The summed E-state index contributed by atoms with van der Waals surface area (Å²) in [5.41, 5.74) is 1.97. The second kappa shape index (κ2) is 4.62. The summed E-state index contributed by atoms with van der Waals surface area (Å²) in [5.74, 6) is 0.787. The molecule has 1 heterocycles. The van der Waals surface area contributed by atoms with Gasteiger partial charge in [-0.2, -0.15) is 4.98 Å². The van der Waals surface area contributed by atoms with E-state index in [0.717, 1.165) is 16.9 Å². The molecule has 0 bridgehead atoms. The Bertz CT molecular complexity index is 501. The molecule has 1 aromatic carbocycles. The number of hydrogen-bond acceptors (Lipinski definition) is 3. The van der Waals surface area contributed by atoms with Crippen molar-refractivity contribution in [3.05, 3.63) is 38.8 Å². The number of thiazole rings is 1. The molecule has 0 aliphatic carbocycles. The van der Waals surface area contributed by atoms with Crippen molar-refractivity contribution < 1.29 is 4.74 Å². The summed E-state index contributed by atoms with van der Waals surface area (Å²) in [6, 6.07) is 3.72. The van der Waals surface area contributed by atoms with E-state index in [4.69, 9.17) is 27.9 Å². The summed E-state index contributed by atoms with van der Waals surface area (Å²) < 4.78 is 5.68.